The summed E-state index contributed by atoms with van der Waals surface area (Å²) in [4.78, 5) is 12.4. The first kappa shape index (κ1) is 28.5. The fourth-order valence-corrected chi connectivity index (χ4v) is 4.67. The average Bonchev–Trinajstić information content (AvgIpc) is 2.99. The standard InChI is InChI=1S/C32H24BrFN2O6/c1-38-29-14-20(4-13-27(29)40-17-19-2-7-22(34)8-3-19)31-25-12-11-24(15-28(25)42-32(36)26(31)16-35)41-30(37)18-39-23-9-5-21(33)6-10-23/h2-15,31H,17-18,36H2,1H3. The Bertz CT molecular complexity index is 1680. The molecular weight excluding hydrogens is 607 g/mol. The van der Waals surface area contributed by atoms with E-state index < -0.39 is 11.9 Å². The van der Waals surface area contributed by atoms with E-state index in [1.54, 1.807) is 66.7 Å². The third kappa shape index (κ3) is 6.48. The van der Waals surface area contributed by atoms with Gasteiger partial charge in [-0.25, -0.2) is 9.18 Å². The number of nitrogens with zero attached hydrogens (tertiary/aromatic N) is 1. The van der Waals surface area contributed by atoms with Crippen molar-refractivity contribution in [1.29, 1.82) is 5.26 Å². The lowest BCUT2D eigenvalue weighted by molar-refractivity contribution is -0.136. The molecule has 8 nitrogen and oxygen atoms in total. The lowest BCUT2D eigenvalue weighted by Crippen LogP contribution is -2.21. The maximum Gasteiger partial charge on any atom is 0.349 e. The number of halogens is 2. The van der Waals surface area contributed by atoms with Gasteiger partial charge in [0.05, 0.1) is 13.0 Å². The third-order valence-electron chi connectivity index (χ3n) is 6.42. The van der Waals surface area contributed by atoms with Crippen LogP contribution in [0.5, 0.6) is 28.7 Å². The number of fused-ring (bicyclic) bond motifs is 1. The number of allylic oxidation sites excluding steroid dienone is 1. The van der Waals surface area contributed by atoms with Crippen LogP contribution >= 0.6 is 15.9 Å². The van der Waals surface area contributed by atoms with Gasteiger partial charge in [0.2, 0.25) is 5.88 Å². The first-order chi connectivity index (χ1) is 20.3. The van der Waals surface area contributed by atoms with Gasteiger partial charge in [0.1, 0.15) is 41.3 Å². The van der Waals surface area contributed by atoms with E-state index in [9.17, 15) is 14.4 Å². The van der Waals surface area contributed by atoms with E-state index in [1.165, 1.54) is 25.3 Å². The third-order valence-corrected chi connectivity index (χ3v) is 6.95. The lowest BCUT2D eigenvalue weighted by Gasteiger charge is -2.27. The highest BCUT2D eigenvalue weighted by molar-refractivity contribution is 9.10. The number of esters is 1. The van der Waals surface area contributed by atoms with Crippen LogP contribution in [0.1, 0.15) is 22.6 Å². The molecule has 0 saturated heterocycles. The zero-order valence-electron chi connectivity index (χ0n) is 22.3. The van der Waals surface area contributed by atoms with Gasteiger partial charge >= 0.3 is 5.97 Å². The van der Waals surface area contributed by atoms with Gasteiger partial charge in [-0.2, -0.15) is 5.26 Å². The van der Waals surface area contributed by atoms with E-state index in [1.807, 2.05) is 0 Å². The Labute approximate surface area is 249 Å². The van der Waals surface area contributed by atoms with Crippen molar-refractivity contribution in [3.63, 3.8) is 0 Å². The van der Waals surface area contributed by atoms with E-state index in [0.29, 0.717) is 34.1 Å². The minimum absolute atomic E-state index is 0.0624. The van der Waals surface area contributed by atoms with Gasteiger partial charge < -0.3 is 29.4 Å². The zero-order chi connectivity index (χ0) is 29.6. The molecule has 0 fully saturated rings. The van der Waals surface area contributed by atoms with Crippen molar-refractivity contribution < 1.29 is 32.9 Å². The summed E-state index contributed by atoms with van der Waals surface area (Å²) in [6, 6.07) is 25.4. The quantitative estimate of drug-likeness (QED) is 0.167. The maximum absolute atomic E-state index is 13.2. The Morgan fingerprint density at radius 1 is 0.976 bits per heavy atom. The Hall–Kier alpha value is -5.01. The molecule has 1 unspecified atom stereocenters. The Kier molecular flexibility index (Phi) is 8.60. The fraction of sp³-hybridized carbons (Fsp3) is 0.125. The van der Waals surface area contributed by atoms with Gasteiger partial charge in [0.15, 0.2) is 18.1 Å². The van der Waals surface area contributed by atoms with E-state index in [-0.39, 0.29) is 36.2 Å². The van der Waals surface area contributed by atoms with E-state index >= 15 is 0 Å². The van der Waals surface area contributed by atoms with Crippen LogP contribution in [0.2, 0.25) is 0 Å². The molecule has 5 rings (SSSR count). The summed E-state index contributed by atoms with van der Waals surface area (Å²) in [5.41, 5.74) is 8.51. The fourth-order valence-electron chi connectivity index (χ4n) is 4.40. The van der Waals surface area contributed by atoms with Crippen molar-refractivity contribution in [2.24, 2.45) is 5.73 Å². The van der Waals surface area contributed by atoms with E-state index in [0.717, 1.165) is 10.0 Å². The molecule has 10 heteroatoms. The number of hydrogen-bond donors (Lipinski definition) is 1. The molecular formula is C32H24BrFN2O6. The molecule has 0 spiro atoms. The molecule has 1 aliphatic rings. The van der Waals surface area contributed by atoms with Crippen LogP contribution in [0, 0.1) is 17.1 Å². The Morgan fingerprint density at radius 3 is 2.43 bits per heavy atom. The summed E-state index contributed by atoms with van der Waals surface area (Å²) in [6.07, 6.45) is 0. The number of benzene rings is 4. The predicted molar refractivity (Wildman–Crippen MR) is 155 cm³/mol. The molecule has 0 bridgehead atoms. The summed E-state index contributed by atoms with van der Waals surface area (Å²) in [5, 5.41) is 9.94. The molecule has 1 heterocycles. The van der Waals surface area contributed by atoms with Crippen LogP contribution in [0.15, 0.2) is 101 Å². The number of nitrogens with two attached hydrogens (primary N) is 1. The average molecular weight is 631 g/mol. The van der Waals surface area contributed by atoms with Crippen LogP contribution in [0.3, 0.4) is 0 Å². The second kappa shape index (κ2) is 12.7. The molecule has 42 heavy (non-hydrogen) atoms. The summed E-state index contributed by atoms with van der Waals surface area (Å²) in [6.45, 7) is -0.0831. The zero-order valence-corrected chi connectivity index (χ0v) is 23.9. The Morgan fingerprint density at radius 2 is 1.71 bits per heavy atom. The molecule has 4 aromatic rings. The normalized spacial score (nSPS) is 13.8. The minimum atomic E-state index is -0.604. The number of carbonyl (C=O) groups excluding carboxylic acids is 1. The summed E-state index contributed by atoms with van der Waals surface area (Å²) >= 11 is 3.35. The van der Waals surface area contributed by atoms with Crippen molar-refractivity contribution >= 4 is 21.9 Å². The molecule has 212 valence electrons. The first-order valence-corrected chi connectivity index (χ1v) is 13.5. The molecule has 0 radical (unpaired) electrons. The molecule has 0 aliphatic carbocycles. The van der Waals surface area contributed by atoms with Gasteiger partial charge in [-0.3, -0.25) is 0 Å². The molecule has 1 atom stereocenters. The molecule has 2 N–H and O–H groups in total. The van der Waals surface area contributed by atoms with Crippen LogP contribution in [0.4, 0.5) is 4.39 Å². The van der Waals surface area contributed by atoms with Gasteiger partial charge in [-0.15, -0.1) is 0 Å². The maximum atomic E-state index is 13.2. The van der Waals surface area contributed by atoms with Crippen molar-refractivity contribution in [3.05, 3.63) is 123 Å². The summed E-state index contributed by atoms with van der Waals surface area (Å²) in [5.74, 6) is 0.434. The highest BCUT2D eigenvalue weighted by atomic mass is 79.9. The largest absolute Gasteiger partial charge is 0.493 e. The number of rotatable bonds is 9. The Balaban J connectivity index is 1.35. The molecule has 0 amide bonds. The SMILES string of the molecule is COc1cc(C2C(C#N)=C(N)Oc3cc(OC(=O)COc4ccc(Br)cc4)ccc32)ccc1OCc1ccc(F)cc1. The van der Waals surface area contributed by atoms with E-state index in [2.05, 4.69) is 22.0 Å². The highest BCUT2D eigenvalue weighted by Gasteiger charge is 2.32. The van der Waals surface area contributed by atoms with Crippen molar-refractivity contribution in [2.45, 2.75) is 12.5 Å². The molecule has 1 aliphatic heterocycles. The smallest absolute Gasteiger partial charge is 0.349 e. The van der Waals surface area contributed by atoms with Gasteiger partial charge in [0, 0.05) is 16.1 Å². The lowest BCUT2D eigenvalue weighted by atomic mass is 9.83. The number of nitriles is 1. The topological polar surface area (TPSA) is 113 Å². The minimum Gasteiger partial charge on any atom is -0.493 e. The second-order valence-corrected chi connectivity index (χ2v) is 10.1. The monoisotopic (exact) mass is 630 g/mol. The van der Waals surface area contributed by atoms with Crippen molar-refractivity contribution in [3.8, 4) is 34.8 Å². The van der Waals surface area contributed by atoms with Gasteiger partial charge in [-0.1, -0.05) is 40.2 Å². The number of methoxy groups -OCH3 is 1. The van der Waals surface area contributed by atoms with Crippen LogP contribution in [0.25, 0.3) is 0 Å². The molecule has 4 aromatic carbocycles. The van der Waals surface area contributed by atoms with Crippen LogP contribution < -0.4 is 29.4 Å². The number of carbonyl (C=O) groups is 1. The number of ether oxygens (including phenoxy) is 5. The summed E-state index contributed by atoms with van der Waals surface area (Å²) in [7, 11) is 1.51. The first-order valence-electron chi connectivity index (χ1n) is 12.7. The predicted octanol–water partition coefficient (Wildman–Crippen LogP) is 6.38. The van der Waals surface area contributed by atoms with Crippen LogP contribution in [-0.4, -0.2) is 19.7 Å². The van der Waals surface area contributed by atoms with Crippen LogP contribution in [-0.2, 0) is 11.4 Å². The summed E-state index contributed by atoms with van der Waals surface area (Å²) < 4.78 is 42.3. The van der Waals surface area contributed by atoms with Gasteiger partial charge in [0.25, 0.3) is 0 Å². The molecule has 0 aromatic heterocycles. The molecule has 0 saturated carbocycles. The van der Waals surface area contributed by atoms with Crippen molar-refractivity contribution in [2.75, 3.05) is 13.7 Å². The van der Waals surface area contributed by atoms with E-state index in [4.69, 9.17) is 29.4 Å². The van der Waals surface area contributed by atoms with Gasteiger partial charge in [-0.05, 0) is 65.7 Å². The highest BCUT2D eigenvalue weighted by Crippen LogP contribution is 2.45. The second-order valence-electron chi connectivity index (χ2n) is 9.17. The number of hydrogen-bond acceptors (Lipinski definition) is 8. The van der Waals surface area contributed by atoms with Crippen molar-refractivity contribution in [1.82, 2.24) is 0 Å².